The van der Waals surface area contributed by atoms with Crippen LogP contribution in [0.2, 0.25) is 0 Å². The number of hydrogen-bond acceptors (Lipinski definition) is 3. The van der Waals surface area contributed by atoms with E-state index in [0.29, 0.717) is 6.61 Å². The molecule has 0 radical (unpaired) electrons. The second-order valence-electron chi connectivity index (χ2n) is 8.29. The predicted octanol–water partition coefficient (Wildman–Crippen LogP) is 6.07. The Balaban J connectivity index is 1.82. The Kier molecular flexibility index (Phi) is 6.44. The highest BCUT2D eigenvalue weighted by Gasteiger charge is 2.16. The smallest absolute Gasteiger partial charge is 0.141 e. The molecule has 0 bridgehead atoms. The van der Waals surface area contributed by atoms with Gasteiger partial charge in [-0.1, -0.05) is 51.3 Å². The predicted molar refractivity (Wildman–Crippen MR) is 132 cm³/mol. The van der Waals surface area contributed by atoms with Crippen LogP contribution < -0.4 is 4.74 Å². The van der Waals surface area contributed by atoms with Gasteiger partial charge in [0.05, 0.1) is 17.6 Å². The normalized spacial score (nSPS) is 11.4. The van der Waals surface area contributed by atoms with E-state index < -0.39 is 0 Å². The summed E-state index contributed by atoms with van der Waals surface area (Å²) in [6, 6.07) is 21.1. The molecule has 4 nitrogen and oxygen atoms in total. The number of likely N-dealkylation sites (N-methyl/N-ethyl adjacent to an activating group) is 1. The van der Waals surface area contributed by atoms with Crippen LogP contribution in [-0.4, -0.2) is 41.7 Å². The third-order valence-electron chi connectivity index (χ3n) is 5.29. The van der Waals surface area contributed by atoms with E-state index in [0.717, 1.165) is 45.7 Å². The Morgan fingerprint density at radius 2 is 1.71 bits per heavy atom. The standard InChI is InChI=1S/C26H28BrN3O/c1-18-13-19(2)15-21(14-18)26-28-24-10-9-22(31-12-11-29(3)4)16-25(24)30(26)17-20-7-5-6-8-23(20)27/h5-10,13-16H,11-12,17H2,1-4H3. The summed E-state index contributed by atoms with van der Waals surface area (Å²) < 4.78 is 9.41. The van der Waals surface area contributed by atoms with E-state index in [4.69, 9.17) is 9.72 Å². The molecule has 4 aromatic rings. The first-order valence-corrected chi connectivity index (χ1v) is 11.3. The van der Waals surface area contributed by atoms with Gasteiger partial charge in [-0.3, -0.25) is 0 Å². The van der Waals surface area contributed by atoms with Crippen LogP contribution in [0.15, 0.2) is 65.1 Å². The molecule has 0 N–H and O–H groups in total. The van der Waals surface area contributed by atoms with Crippen molar-refractivity contribution < 1.29 is 4.74 Å². The minimum atomic E-state index is 0.654. The fourth-order valence-corrected chi connectivity index (χ4v) is 4.23. The average Bonchev–Trinajstić information content (AvgIpc) is 3.07. The molecular formula is C26H28BrN3O. The Morgan fingerprint density at radius 3 is 2.42 bits per heavy atom. The van der Waals surface area contributed by atoms with Gasteiger partial charge >= 0.3 is 0 Å². The molecule has 0 atom stereocenters. The van der Waals surface area contributed by atoms with Gasteiger partial charge in [-0.2, -0.15) is 0 Å². The van der Waals surface area contributed by atoms with Gasteiger partial charge in [0.2, 0.25) is 0 Å². The number of ether oxygens (including phenoxy) is 1. The number of benzene rings is 3. The Morgan fingerprint density at radius 1 is 0.968 bits per heavy atom. The minimum absolute atomic E-state index is 0.654. The van der Waals surface area contributed by atoms with Crippen molar-refractivity contribution >= 4 is 27.0 Å². The first-order chi connectivity index (χ1) is 14.9. The third kappa shape index (κ3) is 5.00. The molecule has 3 aromatic carbocycles. The molecule has 0 aliphatic rings. The van der Waals surface area contributed by atoms with Crippen molar-refractivity contribution in [3.63, 3.8) is 0 Å². The molecule has 0 unspecified atom stereocenters. The number of halogens is 1. The molecule has 0 saturated heterocycles. The summed E-state index contributed by atoms with van der Waals surface area (Å²) in [7, 11) is 4.10. The molecule has 5 heteroatoms. The van der Waals surface area contributed by atoms with E-state index in [1.165, 1.54) is 16.7 Å². The highest BCUT2D eigenvalue weighted by Crippen LogP contribution is 2.31. The van der Waals surface area contributed by atoms with Gasteiger partial charge < -0.3 is 14.2 Å². The molecule has 31 heavy (non-hydrogen) atoms. The first-order valence-electron chi connectivity index (χ1n) is 10.5. The lowest BCUT2D eigenvalue weighted by Crippen LogP contribution is -2.19. The van der Waals surface area contributed by atoms with Crippen LogP contribution >= 0.6 is 15.9 Å². The van der Waals surface area contributed by atoms with Crippen molar-refractivity contribution in [1.29, 1.82) is 0 Å². The number of nitrogens with zero attached hydrogens (tertiary/aromatic N) is 3. The van der Waals surface area contributed by atoms with Crippen molar-refractivity contribution in [3.8, 4) is 17.1 Å². The Labute approximate surface area is 192 Å². The molecular weight excluding hydrogens is 450 g/mol. The summed E-state index contributed by atoms with van der Waals surface area (Å²) in [5.41, 5.74) is 6.88. The molecule has 0 saturated carbocycles. The van der Waals surface area contributed by atoms with E-state index in [1.807, 2.05) is 12.1 Å². The lowest BCUT2D eigenvalue weighted by molar-refractivity contribution is 0.261. The zero-order chi connectivity index (χ0) is 22.0. The molecule has 4 rings (SSSR count). The number of imidazole rings is 1. The van der Waals surface area contributed by atoms with Crippen LogP contribution in [0.1, 0.15) is 16.7 Å². The maximum atomic E-state index is 6.02. The number of hydrogen-bond donors (Lipinski definition) is 0. The number of aromatic nitrogens is 2. The maximum Gasteiger partial charge on any atom is 0.141 e. The van der Waals surface area contributed by atoms with E-state index >= 15 is 0 Å². The largest absolute Gasteiger partial charge is 0.492 e. The summed E-state index contributed by atoms with van der Waals surface area (Å²) in [4.78, 5) is 7.14. The van der Waals surface area contributed by atoms with Gasteiger partial charge in [-0.25, -0.2) is 4.98 Å². The van der Waals surface area contributed by atoms with Gasteiger partial charge in [-0.05, 0) is 63.8 Å². The van der Waals surface area contributed by atoms with Crippen molar-refractivity contribution in [2.24, 2.45) is 0 Å². The van der Waals surface area contributed by atoms with E-state index in [1.54, 1.807) is 0 Å². The monoisotopic (exact) mass is 477 g/mol. The lowest BCUT2D eigenvalue weighted by Gasteiger charge is -2.13. The molecule has 1 aromatic heterocycles. The van der Waals surface area contributed by atoms with Crippen LogP contribution in [0.25, 0.3) is 22.4 Å². The summed E-state index contributed by atoms with van der Waals surface area (Å²) in [6.45, 7) is 6.52. The molecule has 1 heterocycles. The van der Waals surface area contributed by atoms with Crippen LogP contribution in [-0.2, 0) is 6.54 Å². The second kappa shape index (κ2) is 9.25. The van der Waals surface area contributed by atoms with Crippen molar-refractivity contribution in [1.82, 2.24) is 14.5 Å². The number of rotatable bonds is 7. The molecule has 160 valence electrons. The van der Waals surface area contributed by atoms with Crippen molar-refractivity contribution in [2.45, 2.75) is 20.4 Å². The maximum absolute atomic E-state index is 6.02. The van der Waals surface area contributed by atoms with E-state index in [-0.39, 0.29) is 0 Å². The molecule has 0 spiro atoms. The third-order valence-corrected chi connectivity index (χ3v) is 6.07. The average molecular weight is 478 g/mol. The van der Waals surface area contributed by atoms with Crippen LogP contribution in [0.3, 0.4) is 0 Å². The zero-order valence-electron chi connectivity index (χ0n) is 18.5. The summed E-state index contributed by atoms with van der Waals surface area (Å²) in [6.07, 6.45) is 0. The highest BCUT2D eigenvalue weighted by atomic mass is 79.9. The Hall–Kier alpha value is -2.63. The molecule has 0 amide bonds. The topological polar surface area (TPSA) is 30.3 Å². The van der Waals surface area contributed by atoms with Crippen LogP contribution in [0, 0.1) is 13.8 Å². The lowest BCUT2D eigenvalue weighted by atomic mass is 10.1. The fraction of sp³-hybridized carbons (Fsp3) is 0.269. The summed E-state index contributed by atoms with van der Waals surface area (Å²) in [5.74, 6) is 1.84. The van der Waals surface area contributed by atoms with Gasteiger partial charge in [0, 0.05) is 22.6 Å². The summed E-state index contributed by atoms with van der Waals surface area (Å²) in [5, 5.41) is 0. The highest BCUT2D eigenvalue weighted by molar-refractivity contribution is 9.10. The van der Waals surface area contributed by atoms with Crippen molar-refractivity contribution in [2.75, 3.05) is 27.2 Å². The Bertz CT molecular complexity index is 1190. The second-order valence-corrected chi connectivity index (χ2v) is 9.15. The minimum Gasteiger partial charge on any atom is -0.492 e. The van der Waals surface area contributed by atoms with Crippen LogP contribution in [0.4, 0.5) is 0 Å². The number of fused-ring (bicyclic) bond motifs is 1. The zero-order valence-corrected chi connectivity index (χ0v) is 20.1. The van der Waals surface area contributed by atoms with Crippen molar-refractivity contribution in [3.05, 3.63) is 81.8 Å². The number of aryl methyl sites for hydroxylation is 2. The van der Waals surface area contributed by atoms with Gasteiger partial charge in [0.1, 0.15) is 18.2 Å². The summed E-state index contributed by atoms with van der Waals surface area (Å²) >= 11 is 3.71. The fourth-order valence-electron chi connectivity index (χ4n) is 3.82. The molecule has 0 aliphatic carbocycles. The van der Waals surface area contributed by atoms with Gasteiger partial charge in [0.25, 0.3) is 0 Å². The SMILES string of the molecule is Cc1cc(C)cc(-c2nc3ccc(OCCN(C)C)cc3n2Cc2ccccc2Br)c1. The van der Waals surface area contributed by atoms with Gasteiger partial charge in [0.15, 0.2) is 0 Å². The molecule has 0 fully saturated rings. The van der Waals surface area contributed by atoms with Crippen LogP contribution in [0.5, 0.6) is 5.75 Å². The first kappa shape index (κ1) is 21.6. The van der Waals surface area contributed by atoms with E-state index in [9.17, 15) is 0 Å². The quantitative estimate of drug-likeness (QED) is 0.323. The van der Waals surface area contributed by atoms with Gasteiger partial charge in [-0.15, -0.1) is 0 Å². The molecule has 0 aliphatic heterocycles. The van der Waals surface area contributed by atoms with E-state index in [2.05, 4.69) is 102 Å².